The molecular weight excluding hydrogens is 434 g/mol. The van der Waals surface area contributed by atoms with Gasteiger partial charge in [0, 0.05) is 24.1 Å². The number of hydrogen-bond donors (Lipinski definition) is 3. The van der Waals surface area contributed by atoms with E-state index in [1.807, 2.05) is 19.1 Å². The van der Waals surface area contributed by atoms with Crippen LogP contribution in [0.5, 0.6) is 5.75 Å². The van der Waals surface area contributed by atoms with Gasteiger partial charge in [-0.25, -0.2) is 0 Å². The summed E-state index contributed by atoms with van der Waals surface area (Å²) in [6.45, 7) is 6.24. The minimum atomic E-state index is -1.63. The SMILES string of the molecule is C/C=C/[C@@H]1[C@H]2C[C@@H](C)CC[C@@H]2C(C)=C[C@H]1C(=O)c1c(O)c([C@]2(O)CCC(=O)[C@@H]3O[C@@H]32)c[nH]c1=O. The number of pyridine rings is 1. The summed E-state index contributed by atoms with van der Waals surface area (Å²) >= 11 is 0. The fourth-order valence-electron chi connectivity index (χ4n) is 6.79. The number of nitrogens with one attached hydrogen (secondary N) is 1. The fraction of sp³-hybridized carbons (Fsp3) is 0.593. The lowest BCUT2D eigenvalue weighted by Gasteiger charge is -2.45. The van der Waals surface area contributed by atoms with E-state index in [-0.39, 0.29) is 35.7 Å². The highest BCUT2D eigenvalue weighted by Crippen LogP contribution is 2.51. The van der Waals surface area contributed by atoms with Gasteiger partial charge in [0.25, 0.3) is 5.56 Å². The Balaban J connectivity index is 1.56. The van der Waals surface area contributed by atoms with Gasteiger partial charge in [-0.3, -0.25) is 14.4 Å². The maximum atomic E-state index is 13.9. The first-order chi connectivity index (χ1) is 16.2. The topological polar surface area (TPSA) is 120 Å². The average molecular weight is 468 g/mol. The molecule has 7 heteroatoms. The van der Waals surface area contributed by atoms with E-state index in [2.05, 4.69) is 24.9 Å². The predicted octanol–water partition coefficient (Wildman–Crippen LogP) is 3.40. The highest BCUT2D eigenvalue weighted by Gasteiger charge is 2.62. The molecule has 5 rings (SSSR count). The van der Waals surface area contributed by atoms with Crippen molar-refractivity contribution < 1.29 is 24.5 Å². The first-order valence-electron chi connectivity index (χ1n) is 12.4. The summed E-state index contributed by atoms with van der Waals surface area (Å²) in [5.41, 5.74) is -1.43. The second kappa shape index (κ2) is 8.31. The number of ether oxygens (including phenoxy) is 1. The largest absolute Gasteiger partial charge is 0.507 e. The summed E-state index contributed by atoms with van der Waals surface area (Å²) in [5.74, 6) is -0.372. The van der Waals surface area contributed by atoms with Gasteiger partial charge in [-0.15, -0.1) is 0 Å². The van der Waals surface area contributed by atoms with Crippen LogP contribution in [0.25, 0.3) is 0 Å². The summed E-state index contributed by atoms with van der Waals surface area (Å²) in [6, 6.07) is 0. The first-order valence-corrected chi connectivity index (χ1v) is 12.4. The number of aromatic nitrogens is 1. The fourth-order valence-corrected chi connectivity index (χ4v) is 6.79. The number of rotatable bonds is 4. The molecule has 4 aliphatic rings. The number of Topliss-reactive ketones (excluding diaryl/α,β-unsaturated/α-hetero) is 2. The van der Waals surface area contributed by atoms with Gasteiger partial charge in [0.05, 0.1) is 0 Å². The zero-order valence-corrected chi connectivity index (χ0v) is 19.9. The number of epoxide rings is 1. The minimum absolute atomic E-state index is 0.0405. The molecule has 0 aromatic carbocycles. The van der Waals surface area contributed by atoms with Crippen LogP contribution < -0.4 is 5.56 Å². The molecule has 0 bridgehead atoms. The van der Waals surface area contributed by atoms with Gasteiger partial charge < -0.3 is 19.9 Å². The van der Waals surface area contributed by atoms with Gasteiger partial charge in [0.1, 0.15) is 29.1 Å². The van der Waals surface area contributed by atoms with Crippen LogP contribution in [0, 0.1) is 29.6 Å². The molecule has 0 amide bonds. The van der Waals surface area contributed by atoms with Crippen LogP contribution in [0.15, 0.2) is 34.8 Å². The van der Waals surface area contributed by atoms with Crippen LogP contribution in [0.3, 0.4) is 0 Å². The third-order valence-corrected chi connectivity index (χ3v) is 8.63. The van der Waals surface area contributed by atoms with Crippen LogP contribution in [-0.2, 0) is 15.1 Å². The molecular formula is C27H33NO6. The maximum absolute atomic E-state index is 13.9. The number of ketones is 2. The number of aromatic hydroxyl groups is 1. The highest BCUT2D eigenvalue weighted by atomic mass is 16.6. The van der Waals surface area contributed by atoms with E-state index in [0.717, 1.165) is 12.8 Å². The first kappa shape index (κ1) is 23.2. The predicted molar refractivity (Wildman–Crippen MR) is 125 cm³/mol. The van der Waals surface area contributed by atoms with Crippen LogP contribution in [0.2, 0.25) is 0 Å². The zero-order chi connectivity index (χ0) is 24.4. The second-order valence-electron chi connectivity index (χ2n) is 10.7. The van der Waals surface area contributed by atoms with E-state index >= 15 is 0 Å². The lowest BCUT2D eigenvalue weighted by molar-refractivity contribution is -0.123. The normalized spacial score (nSPS) is 39.4. The summed E-state index contributed by atoms with van der Waals surface area (Å²) in [4.78, 5) is 41.2. The Labute approximate surface area is 198 Å². The third kappa shape index (κ3) is 3.52. The molecule has 0 radical (unpaired) electrons. The lowest BCUT2D eigenvalue weighted by Crippen LogP contribution is -2.42. The Morgan fingerprint density at radius 3 is 2.79 bits per heavy atom. The monoisotopic (exact) mass is 467 g/mol. The number of allylic oxidation sites excluding steroid dienone is 4. The van der Waals surface area contributed by atoms with Crippen molar-refractivity contribution in [1.29, 1.82) is 0 Å². The molecule has 8 atom stereocenters. The summed E-state index contributed by atoms with van der Waals surface area (Å²) in [7, 11) is 0. The van der Waals surface area contributed by atoms with Crippen molar-refractivity contribution in [2.45, 2.75) is 70.7 Å². The standard InChI is InChI=1S/C27H33NO6/c1-4-5-16-17-10-13(2)6-7-15(17)14(3)11-18(16)22(30)21-23(31)19(12-28-26(21)32)27(33)9-8-20(29)24-25(27)34-24/h4-5,11-13,15-18,24-25,33H,6-10H2,1-3H3,(H2,28,31,32)/b5-4+/t13-,15+,16+,17-,18+,24-,25-,27+/m0/s1. The van der Waals surface area contributed by atoms with Crippen LogP contribution in [0.4, 0.5) is 0 Å². The molecule has 3 fully saturated rings. The van der Waals surface area contributed by atoms with Crippen LogP contribution >= 0.6 is 0 Å². The molecule has 0 unspecified atom stereocenters. The number of fused-ring (bicyclic) bond motifs is 2. The summed E-state index contributed by atoms with van der Waals surface area (Å²) in [6.07, 6.45) is 9.23. The molecule has 1 aromatic rings. The van der Waals surface area contributed by atoms with Gasteiger partial charge in [-0.05, 0) is 56.8 Å². The Hall–Kier alpha value is -2.51. The molecule has 2 heterocycles. The van der Waals surface area contributed by atoms with Crippen molar-refractivity contribution in [2.75, 3.05) is 0 Å². The van der Waals surface area contributed by atoms with Crippen molar-refractivity contribution in [1.82, 2.24) is 4.98 Å². The van der Waals surface area contributed by atoms with E-state index < -0.39 is 40.8 Å². The lowest BCUT2D eigenvalue weighted by atomic mass is 9.59. The molecule has 1 aliphatic heterocycles. The quantitative estimate of drug-likeness (QED) is 0.355. The smallest absolute Gasteiger partial charge is 0.262 e. The maximum Gasteiger partial charge on any atom is 0.262 e. The van der Waals surface area contributed by atoms with Crippen molar-refractivity contribution in [3.63, 3.8) is 0 Å². The van der Waals surface area contributed by atoms with Gasteiger partial charge >= 0.3 is 0 Å². The molecule has 182 valence electrons. The Morgan fingerprint density at radius 2 is 2.06 bits per heavy atom. The number of carbonyl (C=O) groups excluding carboxylic acids is 2. The van der Waals surface area contributed by atoms with Gasteiger partial charge in [0.15, 0.2) is 11.6 Å². The van der Waals surface area contributed by atoms with Crippen molar-refractivity contribution in [3.05, 3.63) is 51.5 Å². The molecule has 0 spiro atoms. The molecule has 3 N–H and O–H groups in total. The van der Waals surface area contributed by atoms with E-state index in [1.54, 1.807) is 0 Å². The third-order valence-electron chi connectivity index (χ3n) is 8.63. The van der Waals surface area contributed by atoms with Crippen molar-refractivity contribution in [2.24, 2.45) is 29.6 Å². The average Bonchev–Trinajstić information content (AvgIpc) is 3.61. The van der Waals surface area contributed by atoms with Gasteiger partial charge in [-0.2, -0.15) is 0 Å². The van der Waals surface area contributed by atoms with E-state index in [0.29, 0.717) is 17.8 Å². The molecule has 1 saturated heterocycles. The number of hydrogen-bond acceptors (Lipinski definition) is 6. The molecule has 3 aliphatic carbocycles. The zero-order valence-electron chi connectivity index (χ0n) is 19.9. The second-order valence-corrected chi connectivity index (χ2v) is 10.7. The van der Waals surface area contributed by atoms with Crippen molar-refractivity contribution in [3.8, 4) is 5.75 Å². The summed E-state index contributed by atoms with van der Waals surface area (Å²) < 4.78 is 5.39. The Kier molecular flexibility index (Phi) is 5.68. The van der Waals surface area contributed by atoms with E-state index in [4.69, 9.17) is 4.74 Å². The minimum Gasteiger partial charge on any atom is -0.507 e. The highest BCUT2D eigenvalue weighted by molar-refractivity contribution is 6.02. The van der Waals surface area contributed by atoms with Crippen LogP contribution in [0.1, 0.15) is 68.8 Å². The Bertz CT molecular complexity index is 1150. The number of H-pyrrole nitrogens is 1. The van der Waals surface area contributed by atoms with Crippen LogP contribution in [-0.4, -0.2) is 39.0 Å². The molecule has 7 nitrogen and oxygen atoms in total. The van der Waals surface area contributed by atoms with E-state index in [9.17, 15) is 24.6 Å². The van der Waals surface area contributed by atoms with Crippen molar-refractivity contribution >= 4 is 11.6 Å². The molecule has 34 heavy (non-hydrogen) atoms. The number of aromatic amines is 1. The van der Waals surface area contributed by atoms with Gasteiger partial charge in [-0.1, -0.05) is 37.1 Å². The van der Waals surface area contributed by atoms with E-state index in [1.165, 1.54) is 18.2 Å². The Morgan fingerprint density at radius 1 is 1.29 bits per heavy atom. The number of carbonyl (C=O) groups is 2. The molecule has 2 saturated carbocycles. The number of aliphatic hydroxyl groups is 1. The summed E-state index contributed by atoms with van der Waals surface area (Å²) in [5, 5.41) is 22.5. The molecule has 1 aromatic heterocycles. The van der Waals surface area contributed by atoms with Gasteiger partial charge in [0.2, 0.25) is 0 Å².